The molecule has 3 rings (SSSR count). The van der Waals surface area contributed by atoms with Gasteiger partial charge in [-0.05, 0) is 83.7 Å². The first-order valence-corrected chi connectivity index (χ1v) is 16.3. The van der Waals surface area contributed by atoms with Gasteiger partial charge in [-0.1, -0.05) is 108 Å². The van der Waals surface area contributed by atoms with Crippen molar-refractivity contribution in [2.45, 2.75) is 111 Å². The van der Waals surface area contributed by atoms with Gasteiger partial charge in [0.1, 0.15) is 0 Å². The molecule has 2 saturated heterocycles. The van der Waals surface area contributed by atoms with Crippen LogP contribution in [0.15, 0.2) is 22.8 Å². The Kier molecular flexibility index (Phi) is 8.60. The summed E-state index contributed by atoms with van der Waals surface area (Å²) in [5.41, 5.74) is 5.57. The highest BCUT2D eigenvalue weighted by atomic mass is 31.1. The van der Waals surface area contributed by atoms with Crippen molar-refractivity contribution in [1.82, 2.24) is 10.6 Å². The van der Waals surface area contributed by atoms with Crippen LogP contribution in [0.2, 0.25) is 0 Å². The molecule has 0 amide bonds. The Bertz CT molecular complexity index is 784. The van der Waals surface area contributed by atoms with E-state index in [1.54, 1.807) is 16.7 Å². The number of nitrogens with one attached hydrogen (secondary N) is 2. The smallest absolute Gasteiger partial charge is 0.0178 e. The quantitative estimate of drug-likeness (QED) is 0.361. The summed E-state index contributed by atoms with van der Waals surface area (Å²) in [6.45, 7) is 34.5. The van der Waals surface area contributed by atoms with Crippen molar-refractivity contribution in [3.63, 3.8) is 0 Å². The Balaban J connectivity index is 2.29. The first-order chi connectivity index (χ1) is 15.8. The van der Waals surface area contributed by atoms with Crippen LogP contribution in [0.5, 0.6) is 0 Å². The highest BCUT2D eigenvalue weighted by molar-refractivity contribution is 7.61. The van der Waals surface area contributed by atoms with E-state index < -0.39 is 0 Å². The Hall–Kier alpha value is 0.260. The summed E-state index contributed by atoms with van der Waals surface area (Å²) >= 11 is 0. The summed E-state index contributed by atoms with van der Waals surface area (Å²) in [6.07, 6.45) is 6.60. The van der Waals surface area contributed by atoms with Gasteiger partial charge >= 0.3 is 0 Å². The molecule has 2 heterocycles. The van der Waals surface area contributed by atoms with E-state index >= 15 is 0 Å². The average molecular weight is 521 g/mol. The molecule has 1 aliphatic carbocycles. The maximum Gasteiger partial charge on any atom is 0.0178 e. The highest BCUT2D eigenvalue weighted by Gasteiger charge is 2.52. The van der Waals surface area contributed by atoms with Crippen LogP contribution in [0, 0.1) is 28.6 Å². The third-order valence-electron chi connectivity index (χ3n) is 8.92. The van der Waals surface area contributed by atoms with Gasteiger partial charge in [0.05, 0.1) is 0 Å². The molecule has 2 nitrogen and oxygen atoms in total. The standard InChI is InChI=1S/C31H58N2P2/c1-27(2,3)25-17-24(31(34,21-13-15-32-18-21)22-14-16-33-19-22)23(26(25)28(4,5)6)20-35(29(7,8)9)30(10,11)12/h17,21-22,26,32-33H,13-16,18-20,34H2,1-12H3. The van der Waals surface area contributed by atoms with Crippen molar-refractivity contribution < 1.29 is 0 Å². The van der Waals surface area contributed by atoms with Crippen molar-refractivity contribution in [2.24, 2.45) is 28.6 Å². The van der Waals surface area contributed by atoms with E-state index in [1.807, 2.05) is 0 Å². The van der Waals surface area contributed by atoms with E-state index in [0.717, 1.165) is 13.1 Å². The van der Waals surface area contributed by atoms with Crippen molar-refractivity contribution in [2.75, 3.05) is 32.3 Å². The summed E-state index contributed by atoms with van der Waals surface area (Å²) < 4.78 is 0. The van der Waals surface area contributed by atoms with E-state index in [2.05, 4.69) is 109 Å². The van der Waals surface area contributed by atoms with Crippen LogP contribution < -0.4 is 10.6 Å². The topological polar surface area (TPSA) is 24.1 Å². The van der Waals surface area contributed by atoms with Gasteiger partial charge in [0.25, 0.3) is 0 Å². The molecule has 0 spiro atoms. The number of hydrogen-bond donors (Lipinski definition) is 2. The van der Waals surface area contributed by atoms with Gasteiger partial charge in [-0.15, -0.1) is 9.24 Å². The molecule has 0 aromatic heterocycles. The minimum atomic E-state index is -0.212. The molecule has 2 fully saturated rings. The monoisotopic (exact) mass is 520 g/mol. The Morgan fingerprint density at radius 3 is 1.57 bits per heavy atom. The largest absolute Gasteiger partial charge is 0.316 e. The van der Waals surface area contributed by atoms with Crippen molar-refractivity contribution >= 4 is 17.2 Å². The molecule has 0 bridgehead atoms. The van der Waals surface area contributed by atoms with E-state index in [0.29, 0.717) is 28.1 Å². The fourth-order valence-corrected chi connectivity index (χ4v) is 11.9. The van der Waals surface area contributed by atoms with Crippen LogP contribution in [0.25, 0.3) is 0 Å². The van der Waals surface area contributed by atoms with Crippen LogP contribution in [-0.2, 0) is 0 Å². The molecule has 0 aromatic carbocycles. The van der Waals surface area contributed by atoms with E-state index in [4.69, 9.17) is 0 Å². The lowest BCUT2D eigenvalue weighted by molar-refractivity contribution is 0.279. The lowest BCUT2D eigenvalue weighted by Crippen LogP contribution is -2.44. The van der Waals surface area contributed by atoms with Gasteiger partial charge in [-0.25, -0.2) is 0 Å². The molecule has 0 aromatic rings. The van der Waals surface area contributed by atoms with Crippen molar-refractivity contribution in [1.29, 1.82) is 0 Å². The SMILES string of the molecule is CC(C)(C)C1=CC(C(P)(C2CCNC2)C2CCNC2)=C(CP(C(C)(C)C)C(C)(C)C)C1C(C)(C)C. The molecular formula is C31H58N2P2. The Labute approximate surface area is 222 Å². The first kappa shape index (κ1) is 29.8. The highest BCUT2D eigenvalue weighted by Crippen LogP contribution is 2.65. The van der Waals surface area contributed by atoms with Gasteiger partial charge in [-0.3, -0.25) is 0 Å². The second-order valence-electron chi connectivity index (χ2n) is 15.8. The van der Waals surface area contributed by atoms with E-state index in [9.17, 15) is 0 Å². The summed E-state index contributed by atoms with van der Waals surface area (Å²) in [7, 11) is 3.32. The maximum atomic E-state index is 3.74. The molecule has 2 N–H and O–H groups in total. The summed E-state index contributed by atoms with van der Waals surface area (Å²) in [5, 5.41) is 8.28. The zero-order valence-electron chi connectivity index (χ0n) is 25.3. The predicted molar refractivity (Wildman–Crippen MR) is 163 cm³/mol. The zero-order valence-corrected chi connectivity index (χ0v) is 27.3. The van der Waals surface area contributed by atoms with Crippen LogP contribution >= 0.6 is 17.2 Å². The number of allylic oxidation sites excluding steroid dienone is 4. The molecule has 35 heavy (non-hydrogen) atoms. The van der Waals surface area contributed by atoms with Crippen LogP contribution in [0.3, 0.4) is 0 Å². The minimum absolute atomic E-state index is 0.148. The van der Waals surface area contributed by atoms with Crippen LogP contribution in [0.1, 0.15) is 95.9 Å². The maximum absolute atomic E-state index is 3.74. The van der Waals surface area contributed by atoms with Crippen LogP contribution in [-0.4, -0.2) is 47.8 Å². The van der Waals surface area contributed by atoms with E-state index in [-0.39, 0.29) is 23.9 Å². The van der Waals surface area contributed by atoms with Gasteiger partial charge in [0.2, 0.25) is 0 Å². The van der Waals surface area contributed by atoms with Gasteiger partial charge in [0, 0.05) is 11.1 Å². The lowest BCUT2D eigenvalue weighted by Gasteiger charge is -2.47. The number of hydrogen-bond acceptors (Lipinski definition) is 2. The summed E-state index contributed by atoms with van der Waals surface area (Å²) in [6, 6.07) is 0. The molecule has 4 atom stereocenters. The lowest BCUT2D eigenvalue weighted by atomic mass is 9.67. The molecule has 2 aliphatic heterocycles. The fraction of sp³-hybridized carbons (Fsp3) is 0.871. The molecular weight excluding hydrogens is 462 g/mol. The second-order valence-corrected chi connectivity index (χ2v) is 20.6. The van der Waals surface area contributed by atoms with E-state index in [1.165, 1.54) is 32.1 Å². The molecule has 3 aliphatic rings. The zero-order chi connectivity index (χ0) is 26.6. The predicted octanol–water partition coefficient (Wildman–Crippen LogP) is 7.84. The van der Waals surface area contributed by atoms with Crippen molar-refractivity contribution in [3.05, 3.63) is 22.8 Å². The summed E-state index contributed by atoms with van der Waals surface area (Å²) in [5.74, 6) is 1.90. The second kappa shape index (κ2) is 10.1. The van der Waals surface area contributed by atoms with Crippen LogP contribution in [0.4, 0.5) is 0 Å². The Morgan fingerprint density at radius 2 is 1.26 bits per heavy atom. The number of rotatable bonds is 5. The fourth-order valence-electron chi connectivity index (χ4n) is 7.44. The molecule has 4 heteroatoms. The molecule has 0 radical (unpaired) electrons. The third-order valence-corrected chi connectivity index (χ3v) is 14.1. The average Bonchev–Trinajstić information content (AvgIpc) is 3.43. The Morgan fingerprint density at radius 1 is 0.800 bits per heavy atom. The van der Waals surface area contributed by atoms with Crippen molar-refractivity contribution in [3.8, 4) is 0 Å². The van der Waals surface area contributed by atoms with Gasteiger partial charge < -0.3 is 10.6 Å². The summed E-state index contributed by atoms with van der Waals surface area (Å²) in [4.78, 5) is 0. The molecule has 202 valence electrons. The first-order valence-electron chi connectivity index (χ1n) is 14.2. The minimum Gasteiger partial charge on any atom is -0.316 e. The van der Waals surface area contributed by atoms with Gasteiger partial charge in [-0.2, -0.15) is 0 Å². The third kappa shape index (κ3) is 6.13. The molecule has 0 saturated carbocycles. The molecule has 4 unspecified atom stereocenters. The van der Waals surface area contributed by atoms with Gasteiger partial charge in [0.15, 0.2) is 0 Å². The normalized spacial score (nSPS) is 28.7.